The van der Waals surface area contributed by atoms with Crippen LogP contribution in [-0.4, -0.2) is 19.2 Å². The van der Waals surface area contributed by atoms with Crippen LogP contribution in [0.15, 0.2) is 34.0 Å². The fourth-order valence-electron chi connectivity index (χ4n) is 2.38. The highest BCUT2D eigenvalue weighted by molar-refractivity contribution is 7.91. The summed E-state index contributed by atoms with van der Waals surface area (Å²) in [7, 11) is -3.28. The Labute approximate surface area is 120 Å². The van der Waals surface area contributed by atoms with Gasteiger partial charge in [0.15, 0.2) is 9.84 Å². The summed E-state index contributed by atoms with van der Waals surface area (Å²) < 4.78 is 37.4. The molecular weight excluding hydrogens is 299 g/mol. The van der Waals surface area contributed by atoms with Gasteiger partial charge in [0.1, 0.15) is 5.82 Å². The van der Waals surface area contributed by atoms with E-state index in [4.69, 9.17) is 0 Å². The molecule has 0 aliphatic carbocycles. The molecule has 1 N–H and O–H groups in total. The van der Waals surface area contributed by atoms with Gasteiger partial charge in [-0.25, -0.2) is 17.8 Å². The zero-order valence-electron chi connectivity index (χ0n) is 10.5. The van der Waals surface area contributed by atoms with Gasteiger partial charge in [-0.3, -0.25) is 0 Å². The number of hydrogen-bond donors (Lipinski definition) is 1. The SMILES string of the molecule is O=S1(=O)CCC(NCc2cscn2)c2cc(F)ccc21. The van der Waals surface area contributed by atoms with Crippen LogP contribution >= 0.6 is 11.3 Å². The quantitative estimate of drug-likeness (QED) is 0.884. The maximum Gasteiger partial charge on any atom is 0.178 e. The van der Waals surface area contributed by atoms with Crippen molar-refractivity contribution in [3.8, 4) is 0 Å². The van der Waals surface area contributed by atoms with Gasteiger partial charge in [-0.05, 0) is 30.2 Å². The van der Waals surface area contributed by atoms with E-state index in [0.717, 1.165) is 5.69 Å². The van der Waals surface area contributed by atoms with Crippen LogP contribution in [0, 0.1) is 5.82 Å². The number of sulfone groups is 1. The Kier molecular flexibility index (Phi) is 3.57. The fourth-order valence-corrected chi connectivity index (χ4v) is 4.54. The molecule has 0 spiro atoms. The Hall–Kier alpha value is -1.31. The first-order valence-electron chi connectivity index (χ1n) is 6.19. The van der Waals surface area contributed by atoms with Gasteiger partial charge in [0, 0.05) is 18.0 Å². The van der Waals surface area contributed by atoms with Crippen molar-refractivity contribution in [2.75, 3.05) is 5.75 Å². The molecule has 2 heterocycles. The third-order valence-corrected chi connectivity index (χ3v) is 5.82. The second-order valence-corrected chi connectivity index (χ2v) is 7.50. The smallest absolute Gasteiger partial charge is 0.178 e. The summed E-state index contributed by atoms with van der Waals surface area (Å²) in [6.07, 6.45) is 0.447. The topological polar surface area (TPSA) is 59.1 Å². The molecule has 1 aliphatic rings. The number of halogens is 1. The highest BCUT2D eigenvalue weighted by Gasteiger charge is 2.30. The second-order valence-electron chi connectivity index (χ2n) is 4.70. The van der Waals surface area contributed by atoms with Gasteiger partial charge < -0.3 is 5.32 Å². The van der Waals surface area contributed by atoms with Crippen LogP contribution in [0.25, 0.3) is 0 Å². The summed E-state index contributed by atoms with van der Waals surface area (Å²) in [4.78, 5) is 4.40. The van der Waals surface area contributed by atoms with Crippen molar-refractivity contribution in [1.82, 2.24) is 10.3 Å². The van der Waals surface area contributed by atoms with E-state index in [1.165, 1.54) is 29.5 Å². The van der Waals surface area contributed by atoms with Gasteiger partial charge in [-0.1, -0.05) is 0 Å². The number of benzene rings is 1. The molecule has 3 rings (SSSR count). The summed E-state index contributed by atoms with van der Waals surface area (Å²) in [5.41, 5.74) is 3.17. The Bertz CT molecular complexity index is 714. The molecule has 0 fully saturated rings. The molecule has 0 bridgehead atoms. The molecule has 4 nitrogen and oxygen atoms in total. The second kappa shape index (κ2) is 5.23. The normalized spacial score (nSPS) is 20.6. The average Bonchev–Trinajstić information content (AvgIpc) is 2.90. The molecule has 1 unspecified atom stereocenters. The molecular formula is C13H13FN2O2S2. The standard InChI is InChI=1S/C13H13FN2O2S2/c14-9-1-2-13-11(5-9)12(3-4-20(13,17)18)15-6-10-7-19-8-16-10/h1-2,5,7-8,12,15H,3-4,6H2. The summed E-state index contributed by atoms with van der Waals surface area (Å²) in [5, 5.41) is 5.19. The van der Waals surface area contributed by atoms with Crippen LogP contribution < -0.4 is 5.32 Å². The van der Waals surface area contributed by atoms with Crippen molar-refractivity contribution in [2.45, 2.75) is 23.9 Å². The Morgan fingerprint density at radius 3 is 3.05 bits per heavy atom. The molecule has 0 radical (unpaired) electrons. The van der Waals surface area contributed by atoms with Crippen LogP contribution in [0.3, 0.4) is 0 Å². The Balaban J connectivity index is 1.89. The van der Waals surface area contributed by atoms with Crippen LogP contribution in [0.1, 0.15) is 23.7 Å². The lowest BCUT2D eigenvalue weighted by Gasteiger charge is -2.26. The van der Waals surface area contributed by atoms with E-state index in [1.807, 2.05) is 5.38 Å². The van der Waals surface area contributed by atoms with Crippen LogP contribution in [-0.2, 0) is 16.4 Å². The van der Waals surface area contributed by atoms with E-state index in [9.17, 15) is 12.8 Å². The maximum atomic E-state index is 13.4. The van der Waals surface area contributed by atoms with E-state index >= 15 is 0 Å². The number of hydrogen-bond acceptors (Lipinski definition) is 5. The number of rotatable bonds is 3. The lowest BCUT2D eigenvalue weighted by atomic mass is 10.0. The lowest BCUT2D eigenvalue weighted by Crippen LogP contribution is -2.29. The Morgan fingerprint density at radius 2 is 2.30 bits per heavy atom. The number of nitrogens with zero attached hydrogens (tertiary/aromatic N) is 1. The van der Waals surface area contributed by atoms with Crippen molar-refractivity contribution in [3.05, 3.63) is 46.2 Å². The van der Waals surface area contributed by atoms with Crippen LogP contribution in [0.5, 0.6) is 0 Å². The van der Waals surface area contributed by atoms with Crippen LogP contribution in [0.2, 0.25) is 0 Å². The minimum absolute atomic E-state index is 0.0837. The first-order valence-corrected chi connectivity index (χ1v) is 8.78. The van der Waals surface area contributed by atoms with Gasteiger partial charge in [-0.2, -0.15) is 0 Å². The van der Waals surface area contributed by atoms with E-state index < -0.39 is 15.7 Å². The minimum atomic E-state index is -3.28. The number of thiazole rings is 1. The summed E-state index contributed by atoms with van der Waals surface area (Å²) in [5.74, 6) is -0.332. The largest absolute Gasteiger partial charge is 0.304 e. The van der Waals surface area contributed by atoms with Gasteiger partial charge in [-0.15, -0.1) is 11.3 Å². The van der Waals surface area contributed by atoms with Crippen LogP contribution in [0.4, 0.5) is 4.39 Å². The van der Waals surface area contributed by atoms with Gasteiger partial charge in [0.25, 0.3) is 0 Å². The third kappa shape index (κ3) is 2.61. The van der Waals surface area contributed by atoms with Crippen molar-refractivity contribution in [2.24, 2.45) is 0 Å². The summed E-state index contributed by atoms with van der Waals surface area (Å²) in [6, 6.07) is 3.70. The van der Waals surface area contributed by atoms with Crippen molar-refractivity contribution < 1.29 is 12.8 Å². The first kappa shape index (κ1) is 13.7. The molecule has 0 saturated carbocycles. The summed E-state index contributed by atoms with van der Waals surface area (Å²) in [6.45, 7) is 0.546. The fraction of sp³-hybridized carbons (Fsp3) is 0.308. The predicted octanol–water partition coefficient (Wildman–Crippen LogP) is 2.29. The van der Waals surface area contributed by atoms with Gasteiger partial charge in [0.05, 0.1) is 21.9 Å². The van der Waals surface area contributed by atoms with E-state index in [-0.39, 0.29) is 16.7 Å². The molecule has 2 aromatic rings. The highest BCUT2D eigenvalue weighted by atomic mass is 32.2. The molecule has 1 aromatic heterocycles. The molecule has 0 amide bonds. The monoisotopic (exact) mass is 312 g/mol. The molecule has 1 aliphatic heterocycles. The average molecular weight is 312 g/mol. The molecule has 0 saturated heterocycles. The van der Waals surface area contributed by atoms with Gasteiger partial charge in [0.2, 0.25) is 0 Å². The molecule has 7 heteroatoms. The third-order valence-electron chi connectivity index (χ3n) is 3.37. The highest BCUT2D eigenvalue weighted by Crippen LogP contribution is 2.32. The maximum absolute atomic E-state index is 13.4. The van der Waals surface area contributed by atoms with E-state index in [0.29, 0.717) is 18.5 Å². The van der Waals surface area contributed by atoms with E-state index in [1.54, 1.807) is 5.51 Å². The lowest BCUT2D eigenvalue weighted by molar-refractivity contribution is 0.484. The summed E-state index contributed by atoms with van der Waals surface area (Å²) >= 11 is 1.51. The predicted molar refractivity (Wildman–Crippen MR) is 74.8 cm³/mol. The van der Waals surface area contributed by atoms with Crippen molar-refractivity contribution in [3.63, 3.8) is 0 Å². The van der Waals surface area contributed by atoms with Gasteiger partial charge >= 0.3 is 0 Å². The number of nitrogens with one attached hydrogen (secondary N) is 1. The zero-order valence-corrected chi connectivity index (χ0v) is 12.2. The molecule has 106 valence electrons. The molecule has 1 aromatic carbocycles. The first-order chi connectivity index (χ1) is 9.56. The minimum Gasteiger partial charge on any atom is -0.304 e. The van der Waals surface area contributed by atoms with Crippen molar-refractivity contribution in [1.29, 1.82) is 0 Å². The zero-order chi connectivity index (χ0) is 14.2. The van der Waals surface area contributed by atoms with Crippen molar-refractivity contribution >= 4 is 21.2 Å². The Morgan fingerprint density at radius 1 is 1.45 bits per heavy atom. The number of fused-ring (bicyclic) bond motifs is 1. The number of aromatic nitrogens is 1. The molecule has 20 heavy (non-hydrogen) atoms. The molecule has 1 atom stereocenters. The van der Waals surface area contributed by atoms with E-state index in [2.05, 4.69) is 10.3 Å².